The van der Waals surface area contributed by atoms with Gasteiger partial charge in [-0.25, -0.2) is 0 Å². The zero-order valence-corrected chi connectivity index (χ0v) is 20.1. The predicted octanol–water partition coefficient (Wildman–Crippen LogP) is 4.77. The molecule has 1 saturated heterocycles. The summed E-state index contributed by atoms with van der Waals surface area (Å²) in [6.07, 6.45) is 12.2. The lowest BCUT2D eigenvalue weighted by Gasteiger charge is -2.66. The molecule has 9 atom stereocenters. The van der Waals surface area contributed by atoms with Gasteiger partial charge in [0.25, 0.3) is 0 Å². The van der Waals surface area contributed by atoms with E-state index in [9.17, 15) is 15.0 Å². The van der Waals surface area contributed by atoms with Crippen molar-refractivity contribution in [3.05, 3.63) is 0 Å². The molecule has 4 nitrogen and oxygen atoms in total. The molecule has 5 aliphatic rings. The van der Waals surface area contributed by atoms with Crippen LogP contribution in [0.3, 0.4) is 0 Å². The number of aliphatic hydroxyl groups excluding tert-OH is 2. The summed E-state index contributed by atoms with van der Waals surface area (Å²) in [4.78, 5) is 16.1. The average molecular weight is 432 g/mol. The van der Waals surface area contributed by atoms with E-state index in [1.165, 1.54) is 25.7 Å². The number of nitrogens with zero attached hydrogens (tertiary/aromatic N) is 1. The molecule has 0 aromatic rings. The first-order valence-corrected chi connectivity index (χ1v) is 13.4. The molecule has 5 fully saturated rings. The van der Waals surface area contributed by atoms with E-state index in [2.05, 4.69) is 25.7 Å². The van der Waals surface area contributed by atoms with Gasteiger partial charge in [-0.05, 0) is 99.7 Å². The molecule has 0 spiro atoms. The van der Waals surface area contributed by atoms with Crippen molar-refractivity contribution in [3.63, 3.8) is 0 Å². The summed E-state index contributed by atoms with van der Waals surface area (Å²) in [6, 6.07) is 0. The number of hydrogen-bond donors (Lipinski definition) is 2. The van der Waals surface area contributed by atoms with E-state index in [0.717, 1.165) is 57.9 Å². The van der Waals surface area contributed by atoms with E-state index in [-0.39, 0.29) is 22.8 Å². The van der Waals surface area contributed by atoms with Gasteiger partial charge in [0.05, 0.1) is 12.2 Å². The molecule has 176 valence electrons. The molecule has 31 heavy (non-hydrogen) atoms. The molecule has 5 rings (SSSR count). The molecule has 0 bridgehead atoms. The summed E-state index contributed by atoms with van der Waals surface area (Å²) in [7, 11) is 0. The van der Waals surface area contributed by atoms with Crippen LogP contribution in [0.25, 0.3) is 0 Å². The predicted molar refractivity (Wildman–Crippen MR) is 122 cm³/mol. The van der Waals surface area contributed by atoms with Crippen molar-refractivity contribution < 1.29 is 15.0 Å². The highest BCUT2D eigenvalue weighted by atomic mass is 16.3. The Labute approximate surface area is 189 Å². The van der Waals surface area contributed by atoms with Crippen LogP contribution in [-0.4, -0.2) is 45.3 Å². The Bertz CT molecular complexity index is 690. The van der Waals surface area contributed by atoms with Crippen LogP contribution in [0.15, 0.2) is 0 Å². The van der Waals surface area contributed by atoms with E-state index < -0.39 is 12.2 Å². The maximum absolute atomic E-state index is 13.7. The summed E-state index contributed by atoms with van der Waals surface area (Å²) in [6.45, 7) is 8.25. The summed E-state index contributed by atoms with van der Waals surface area (Å²) >= 11 is 0. The molecular formula is C27H45NO3. The fourth-order valence-electron chi connectivity index (χ4n) is 9.60. The first kappa shape index (κ1) is 22.2. The zero-order chi connectivity index (χ0) is 22.0. The molecule has 1 aliphatic heterocycles. The lowest BCUT2D eigenvalue weighted by Crippen LogP contribution is -2.68. The molecular weight excluding hydrogens is 386 g/mol. The highest BCUT2D eigenvalue weighted by Crippen LogP contribution is 2.64. The Balaban J connectivity index is 1.42. The van der Waals surface area contributed by atoms with E-state index in [1.54, 1.807) is 0 Å². The molecule has 4 heteroatoms. The first-order valence-electron chi connectivity index (χ1n) is 13.4. The number of hydrogen-bond acceptors (Lipinski definition) is 3. The zero-order valence-electron chi connectivity index (χ0n) is 20.1. The monoisotopic (exact) mass is 431 g/mol. The van der Waals surface area contributed by atoms with Crippen molar-refractivity contribution in [2.24, 2.45) is 40.9 Å². The number of carbonyl (C=O) groups is 1. The van der Waals surface area contributed by atoms with Crippen LogP contribution in [0.5, 0.6) is 0 Å². The van der Waals surface area contributed by atoms with Crippen molar-refractivity contribution in [3.8, 4) is 0 Å². The van der Waals surface area contributed by atoms with E-state index in [0.29, 0.717) is 29.6 Å². The topological polar surface area (TPSA) is 60.8 Å². The lowest BCUT2D eigenvalue weighted by atomic mass is 9.43. The van der Waals surface area contributed by atoms with Crippen LogP contribution in [0.4, 0.5) is 0 Å². The second kappa shape index (κ2) is 8.01. The van der Waals surface area contributed by atoms with Crippen LogP contribution in [0, 0.1) is 40.9 Å². The summed E-state index contributed by atoms with van der Waals surface area (Å²) < 4.78 is 0. The normalized spacial score (nSPS) is 50.9. The van der Waals surface area contributed by atoms with Gasteiger partial charge in [0.15, 0.2) is 0 Å². The van der Waals surface area contributed by atoms with Crippen molar-refractivity contribution in [1.29, 1.82) is 0 Å². The van der Waals surface area contributed by atoms with Crippen molar-refractivity contribution in [1.82, 2.24) is 4.90 Å². The minimum Gasteiger partial charge on any atom is -0.390 e. The molecule has 3 unspecified atom stereocenters. The third kappa shape index (κ3) is 3.33. The molecule has 0 aromatic carbocycles. The Hall–Kier alpha value is -0.610. The molecule has 4 saturated carbocycles. The fourth-order valence-corrected chi connectivity index (χ4v) is 9.60. The first-order chi connectivity index (χ1) is 14.8. The van der Waals surface area contributed by atoms with Gasteiger partial charge >= 0.3 is 0 Å². The quantitative estimate of drug-likeness (QED) is 0.629. The molecule has 1 amide bonds. The summed E-state index contributed by atoms with van der Waals surface area (Å²) in [5.74, 6) is 3.48. The van der Waals surface area contributed by atoms with Gasteiger partial charge < -0.3 is 15.1 Å². The van der Waals surface area contributed by atoms with Gasteiger partial charge in [-0.1, -0.05) is 33.1 Å². The molecule has 2 N–H and O–H groups in total. The van der Waals surface area contributed by atoms with Crippen molar-refractivity contribution in [2.75, 3.05) is 6.54 Å². The maximum atomic E-state index is 13.7. The molecule has 1 heterocycles. The van der Waals surface area contributed by atoms with E-state index in [1.807, 2.05) is 0 Å². The van der Waals surface area contributed by atoms with Crippen LogP contribution < -0.4 is 0 Å². The average Bonchev–Trinajstić information content (AvgIpc) is 2.76. The fraction of sp³-hybridized carbons (Fsp3) is 0.963. The highest BCUT2D eigenvalue weighted by Gasteiger charge is 2.62. The van der Waals surface area contributed by atoms with Crippen LogP contribution in [0.1, 0.15) is 97.8 Å². The maximum Gasteiger partial charge on any atom is 0.226 e. The van der Waals surface area contributed by atoms with Crippen molar-refractivity contribution in [2.45, 2.75) is 116 Å². The number of piperidine rings is 1. The van der Waals surface area contributed by atoms with Gasteiger partial charge in [0, 0.05) is 18.0 Å². The SMILES string of the molecule is C[C@@H]1CCN(C(=O)C2CCCCC2)[C@@]2(C)CCC3[C@H](CCC4[C@@H](O)[C@@H](O)CC[C@]34C)C12. The number of rotatable bonds is 1. The minimum atomic E-state index is -0.554. The number of fused-ring (bicyclic) bond motifs is 5. The van der Waals surface area contributed by atoms with Gasteiger partial charge in [0.2, 0.25) is 5.91 Å². The summed E-state index contributed by atoms with van der Waals surface area (Å²) in [5.41, 5.74) is 0.141. The number of aliphatic hydroxyl groups is 2. The van der Waals surface area contributed by atoms with Gasteiger partial charge in [0.1, 0.15) is 0 Å². The van der Waals surface area contributed by atoms with E-state index >= 15 is 0 Å². The Morgan fingerprint density at radius 3 is 2.35 bits per heavy atom. The second-order valence-electron chi connectivity index (χ2n) is 12.6. The van der Waals surface area contributed by atoms with Crippen LogP contribution in [-0.2, 0) is 4.79 Å². The van der Waals surface area contributed by atoms with Crippen LogP contribution in [0.2, 0.25) is 0 Å². The highest BCUT2D eigenvalue weighted by molar-refractivity contribution is 5.80. The minimum absolute atomic E-state index is 0.00333. The second-order valence-corrected chi connectivity index (χ2v) is 12.6. The van der Waals surface area contributed by atoms with E-state index in [4.69, 9.17) is 0 Å². The third-order valence-electron chi connectivity index (χ3n) is 11.2. The molecule has 0 aromatic heterocycles. The lowest BCUT2D eigenvalue weighted by molar-refractivity contribution is -0.196. The smallest absolute Gasteiger partial charge is 0.226 e. The Kier molecular flexibility index (Phi) is 5.73. The molecule has 0 radical (unpaired) electrons. The largest absolute Gasteiger partial charge is 0.390 e. The van der Waals surface area contributed by atoms with Crippen LogP contribution >= 0.6 is 0 Å². The van der Waals surface area contributed by atoms with Gasteiger partial charge in [-0.15, -0.1) is 0 Å². The van der Waals surface area contributed by atoms with Gasteiger partial charge in [-0.3, -0.25) is 4.79 Å². The number of likely N-dealkylation sites (tertiary alicyclic amines) is 1. The Morgan fingerprint density at radius 2 is 1.61 bits per heavy atom. The van der Waals surface area contributed by atoms with Crippen molar-refractivity contribution >= 4 is 5.91 Å². The third-order valence-corrected chi connectivity index (χ3v) is 11.2. The number of carbonyl (C=O) groups excluding carboxylic acids is 1. The summed E-state index contributed by atoms with van der Waals surface area (Å²) in [5, 5.41) is 21.1. The Morgan fingerprint density at radius 1 is 0.871 bits per heavy atom. The molecule has 4 aliphatic carbocycles. The van der Waals surface area contributed by atoms with Gasteiger partial charge in [-0.2, -0.15) is 0 Å². The standard InChI is InChI=1S/C27H45NO3/c1-17-13-16-28(25(31)18-7-5-4-6-8-18)27(3)15-11-20-19(23(17)27)9-10-21-24(30)22(29)12-14-26(20,21)2/h17-24,29-30H,4-16H2,1-3H3/t17-,19+,20?,21?,22+,23?,24-,26-,27+/m1/s1. The number of amides is 1.